The maximum atomic E-state index is 11.9. The molecule has 58 heavy (non-hydrogen) atoms. The molecule has 3 fully saturated rings. The number of methoxy groups -OCH3 is 1. The summed E-state index contributed by atoms with van der Waals surface area (Å²) in [6, 6.07) is 42.9. The molecule has 0 aliphatic carbocycles. The number of rotatable bonds is 14. The third-order valence-corrected chi connectivity index (χ3v) is 22.7. The molecule has 7 nitrogen and oxygen atoms in total. The predicted molar refractivity (Wildman–Crippen MR) is 236 cm³/mol. The van der Waals surface area contributed by atoms with Gasteiger partial charge in [-0.2, -0.15) is 0 Å². The normalized spacial score (nSPS) is 26.9. The van der Waals surface area contributed by atoms with Gasteiger partial charge in [-0.1, -0.05) is 169 Å². The van der Waals surface area contributed by atoms with Crippen LogP contribution in [-0.4, -0.2) is 85.0 Å². The van der Waals surface area contributed by atoms with E-state index in [4.69, 9.17) is 27.8 Å². The zero-order chi connectivity index (χ0) is 41.1. The van der Waals surface area contributed by atoms with Crippen LogP contribution >= 0.6 is 0 Å². The fourth-order valence-electron chi connectivity index (χ4n) is 9.95. The third-order valence-electron chi connectivity index (χ3n) is 12.7. The predicted octanol–water partition coefficient (Wildman–Crippen LogP) is 7.14. The van der Waals surface area contributed by atoms with Crippen molar-refractivity contribution in [1.82, 2.24) is 0 Å². The molecule has 3 heterocycles. The number of carbonyl (C=O) groups is 1. The number of aldehydes is 1. The lowest BCUT2D eigenvalue weighted by Crippen LogP contribution is -2.73. The molecule has 0 radical (unpaired) electrons. The lowest BCUT2D eigenvalue weighted by Gasteiger charge is -2.53. The molecule has 3 aliphatic heterocycles. The van der Waals surface area contributed by atoms with E-state index >= 15 is 0 Å². The Kier molecular flexibility index (Phi) is 12.9. The van der Waals surface area contributed by atoms with Gasteiger partial charge in [0.25, 0.3) is 16.6 Å². The zero-order valence-electron chi connectivity index (χ0n) is 35.3. The Morgan fingerprint density at radius 3 is 1.47 bits per heavy atom. The fourth-order valence-corrected chi connectivity index (χ4v) is 19.3. The van der Waals surface area contributed by atoms with Crippen molar-refractivity contribution in [2.45, 2.75) is 132 Å². The summed E-state index contributed by atoms with van der Waals surface area (Å²) in [5.74, 6) is 0. The molecule has 7 rings (SSSR count). The second kappa shape index (κ2) is 17.6. The number of hydrogen-bond donors (Lipinski definition) is 0. The maximum Gasteiger partial charge on any atom is 0.261 e. The fraction of sp³-hybridized carbons (Fsp3) is 0.449. The van der Waals surface area contributed by atoms with E-state index in [2.05, 4.69) is 169 Å². The van der Waals surface area contributed by atoms with Crippen LogP contribution in [-0.2, 0) is 32.6 Å². The van der Waals surface area contributed by atoms with Crippen molar-refractivity contribution >= 4 is 43.7 Å². The van der Waals surface area contributed by atoms with Crippen molar-refractivity contribution < 1.29 is 32.6 Å². The van der Waals surface area contributed by atoms with E-state index in [0.717, 1.165) is 19.1 Å². The van der Waals surface area contributed by atoms with Gasteiger partial charge in [0.05, 0.1) is 24.4 Å². The molecule has 0 spiro atoms. The Balaban J connectivity index is 1.42. The third kappa shape index (κ3) is 7.93. The molecule has 0 amide bonds. The minimum atomic E-state index is -3.14. The molecule has 0 N–H and O–H groups in total. The molecule has 3 saturated heterocycles. The van der Waals surface area contributed by atoms with Gasteiger partial charge in [-0.25, -0.2) is 0 Å². The van der Waals surface area contributed by atoms with Crippen LogP contribution in [0.1, 0.15) is 67.2 Å². The van der Waals surface area contributed by atoms with Crippen molar-refractivity contribution in [3.05, 3.63) is 134 Å². The van der Waals surface area contributed by atoms with Crippen LogP contribution in [0.2, 0.25) is 10.1 Å². The van der Waals surface area contributed by atoms with Gasteiger partial charge in [0, 0.05) is 20.0 Å². The SMILES string of the molecule is C=CC(C[C@H]1O[C@H]2[C@@H](O[Si](c3ccccc3)(c3ccccc3)C(C)(C)C)[C@H]3O[C@@H](CC=O)CC[C@@H]3O[C@H]2[C@H]1O[Si](c1ccccc1)(c1ccccc1)C(C)(C)C)OC. The zero-order valence-corrected chi connectivity index (χ0v) is 37.3. The van der Waals surface area contributed by atoms with Crippen molar-refractivity contribution in [3.8, 4) is 0 Å². The van der Waals surface area contributed by atoms with E-state index in [0.29, 0.717) is 12.8 Å². The molecule has 0 saturated carbocycles. The molecule has 4 aromatic rings. The van der Waals surface area contributed by atoms with Crippen molar-refractivity contribution in [2.24, 2.45) is 0 Å². The van der Waals surface area contributed by atoms with Crippen LogP contribution in [0.4, 0.5) is 0 Å². The summed E-state index contributed by atoms with van der Waals surface area (Å²) in [5.41, 5.74) is 0. The molecule has 1 unspecified atom stereocenters. The summed E-state index contributed by atoms with van der Waals surface area (Å²) in [7, 11) is -4.53. The standard InChI is InChI=1S/C49H62O7Si2/c1-9-35(51-8)34-42-44(55-57(48(2,3)4,37-22-14-10-15-23-37)38-24-16-11-17-25-38)45-46(54-42)47(43-41(53-45)31-30-36(52-43)32-33-50)56-58(49(5,6)7,39-26-18-12-19-27-39)40-28-20-13-21-29-40/h9-29,33,35-36,41-47H,1,30-32,34H2,2-8H3/t35?,36-,41+,42-,43+,44+,45+,46-,47+/m1/s1. The van der Waals surface area contributed by atoms with Crippen molar-refractivity contribution in [2.75, 3.05) is 7.11 Å². The van der Waals surface area contributed by atoms with Crippen LogP contribution in [0.25, 0.3) is 0 Å². The summed E-state index contributed by atoms with van der Waals surface area (Å²) >= 11 is 0. The van der Waals surface area contributed by atoms with Crippen LogP contribution < -0.4 is 20.7 Å². The first-order valence-corrected chi connectivity index (χ1v) is 24.8. The van der Waals surface area contributed by atoms with Crippen molar-refractivity contribution in [1.29, 1.82) is 0 Å². The molecule has 9 atom stereocenters. The first kappa shape index (κ1) is 42.6. The average molecular weight is 819 g/mol. The summed E-state index contributed by atoms with van der Waals surface area (Å²) < 4.78 is 43.8. The largest absolute Gasteiger partial charge is 0.399 e. The lowest BCUT2D eigenvalue weighted by molar-refractivity contribution is -0.254. The van der Waals surface area contributed by atoms with Crippen LogP contribution in [0.15, 0.2) is 134 Å². The summed E-state index contributed by atoms with van der Waals surface area (Å²) in [6.45, 7) is 17.9. The lowest BCUT2D eigenvalue weighted by atomic mass is 9.88. The Hall–Kier alpha value is -3.52. The van der Waals surface area contributed by atoms with Gasteiger partial charge in [-0.15, -0.1) is 6.58 Å². The van der Waals surface area contributed by atoms with Crippen LogP contribution in [0.5, 0.6) is 0 Å². The number of benzene rings is 4. The quantitative estimate of drug-likeness (QED) is 0.0762. The van der Waals surface area contributed by atoms with Gasteiger partial charge in [0.15, 0.2) is 0 Å². The molecule has 4 aromatic carbocycles. The summed E-state index contributed by atoms with van der Waals surface area (Å²) in [6.07, 6.45) is 1.37. The van der Waals surface area contributed by atoms with Gasteiger partial charge in [-0.3, -0.25) is 0 Å². The molecule has 0 aromatic heterocycles. The van der Waals surface area contributed by atoms with Gasteiger partial charge in [0.2, 0.25) is 0 Å². The number of hydrogen-bond acceptors (Lipinski definition) is 7. The molecule has 3 aliphatic rings. The highest BCUT2D eigenvalue weighted by Gasteiger charge is 2.64. The molecule has 9 heteroatoms. The second-order valence-electron chi connectivity index (χ2n) is 18.2. The van der Waals surface area contributed by atoms with Gasteiger partial charge in [0.1, 0.15) is 36.8 Å². The summed E-state index contributed by atoms with van der Waals surface area (Å²) in [5, 5.41) is 4.14. The minimum absolute atomic E-state index is 0.232. The van der Waals surface area contributed by atoms with Gasteiger partial charge < -0.3 is 32.6 Å². The maximum absolute atomic E-state index is 11.9. The Morgan fingerprint density at radius 1 is 0.638 bits per heavy atom. The van der Waals surface area contributed by atoms with E-state index in [1.165, 1.54) is 20.7 Å². The second-order valence-corrected chi connectivity index (χ2v) is 26.7. The topological polar surface area (TPSA) is 72.5 Å². The first-order chi connectivity index (χ1) is 27.9. The number of carbonyl (C=O) groups excluding carboxylic acids is 1. The highest BCUT2D eigenvalue weighted by molar-refractivity contribution is 7.00. The Labute approximate surface area is 348 Å². The van der Waals surface area contributed by atoms with Crippen molar-refractivity contribution in [3.63, 3.8) is 0 Å². The molecule has 308 valence electrons. The van der Waals surface area contributed by atoms with E-state index in [1.807, 2.05) is 6.08 Å². The highest BCUT2D eigenvalue weighted by atomic mass is 28.4. The number of ether oxygens (including phenoxy) is 4. The highest BCUT2D eigenvalue weighted by Crippen LogP contribution is 2.48. The smallest absolute Gasteiger partial charge is 0.261 e. The van der Waals surface area contributed by atoms with Crippen LogP contribution in [0, 0.1) is 0 Å². The van der Waals surface area contributed by atoms with Gasteiger partial charge in [-0.05, 0) is 43.7 Å². The molecular formula is C49H62O7Si2. The van der Waals surface area contributed by atoms with E-state index in [1.54, 1.807) is 7.11 Å². The molecular weight excluding hydrogens is 757 g/mol. The number of fused-ring (bicyclic) bond motifs is 2. The molecule has 0 bridgehead atoms. The van der Waals surface area contributed by atoms with Crippen LogP contribution in [0.3, 0.4) is 0 Å². The average Bonchev–Trinajstić information content (AvgIpc) is 3.56. The van der Waals surface area contributed by atoms with E-state index < -0.39 is 53.3 Å². The Bertz CT molecular complexity index is 1850. The van der Waals surface area contributed by atoms with E-state index in [-0.39, 0.29) is 28.4 Å². The monoisotopic (exact) mass is 818 g/mol. The minimum Gasteiger partial charge on any atom is -0.399 e. The van der Waals surface area contributed by atoms with Gasteiger partial charge >= 0.3 is 0 Å². The Morgan fingerprint density at radius 2 is 1.07 bits per heavy atom. The van der Waals surface area contributed by atoms with E-state index in [9.17, 15) is 4.79 Å². The summed E-state index contributed by atoms with van der Waals surface area (Å²) in [4.78, 5) is 11.9. The first-order valence-electron chi connectivity index (χ1n) is 21.0.